The molecular formula is C19H17BrN4O4. The zero-order valence-corrected chi connectivity index (χ0v) is 16.8. The summed E-state index contributed by atoms with van der Waals surface area (Å²) in [4.78, 5) is 28.2. The third-order valence-electron chi connectivity index (χ3n) is 4.01. The molecule has 0 bridgehead atoms. The molecule has 0 amide bonds. The maximum Gasteiger partial charge on any atom is 0.311 e. The van der Waals surface area contributed by atoms with E-state index in [4.69, 9.17) is 4.74 Å². The maximum absolute atomic E-state index is 12.9. The van der Waals surface area contributed by atoms with Gasteiger partial charge in [-0.1, -0.05) is 28.9 Å². The third kappa shape index (κ3) is 3.79. The number of fused-ring (bicyclic) bond motifs is 1. The lowest BCUT2D eigenvalue weighted by molar-refractivity contribution is -0.385. The molecule has 144 valence electrons. The minimum absolute atomic E-state index is 0.112. The fourth-order valence-electron chi connectivity index (χ4n) is 2.75. The number of rotatable bonds is 6. The molecule has 2 aromatic carbocycles. The summed E-state index contributed by atoms with van der Waals surface area (Å²) in [5, 5.41) is 16.0. The second-order valence-electron chi connectivity index (χ2n) is 5.79. The minimum atomic E-state index is -0.513. The Hall–Kier alpha value is -3.07. The average Bonchev–Trinajstić information content (AvgIpc) is 2.68. The highest BCUT2D eigenvalue weighted by Crippen LogP contribution is 2.30. The van der Waals surface area contributed by atoms with Crippen LogP contribution in [-0.4, -0.2) is 27.4 Å². The van der Waals surface area contributed by atoms with Crippen molar-refractivity contribution < 1.29 is 9.66 Å². The van der Waals surface area contributed by atoms with Crippen molar-refractivity contribution in [3.05, 3.63) is 72.7 Å². The molecule has 28 heavy (non-hydrogen) atoms. The Morgan fingerprint density at radius 2 is 2.11 bits per heavy atom. The van der Waals surface area contributed by atoms with Crippen LogP contribution in [0.15, 0.2) is 50.8 Å². The molecule has 0 saturated heterocycles. The Morgan fingerprint density at radius 3 is 2.79 bits per heavy atom. The molecule has 0 fully saturated rings. The number of nitro benzene ring substituents is 1. The van der Waals surface area contributed by atoms with Crippen molar-refractivity contribution in [1.82, 2.24) is 9.66 Å². The Kier molecular flexibility index (Phi) is 5.84. The summed E-state index contributed by atoms with van der Waals surface area (Å²) in [5.74, 6) is 0.598. The number of nitrogens with zero attached hydrogens (tertiary/aromatic N) is 4. The van der Waals surface area contributed by atoms with Crippen molar-refractivity contribution >= 4 is 38.7 Å². The van der Waals surface area contributed by atoms with E-state index in [-0.39, 0.29) is 23.6 Å². The number of benzene rings is 2. The van der Waals surface area contributed by atoms with Crippen LogP contribution in [0.3, 0.4) is 0 Å². The molecule has 0 radical (unpaired) electrons. The van der Waals surface area contributed by atoms with Crippen molar-refractivity contribution in [2.75, 3.05) is 6.61 Å². The number of halogens is 1. The van der Waals surface area contributed by atoms with Crippen LogP contribution in [0.1, 0.15) is 25.2 Å². The predicted octanol–water partition coefficient (Wildman–Crippen LogP) is 3.91. The largest absolute Gasteiger partial charge is 0.487 e. The molecule has 0 atom stereocenters. The molecule has 3 aromatic rings. The lowest BCUT2D eigenvalue weighted by Gasteiger charge is -2.09. The van der Waals surface area contributed by atoms with Crippen molar-refractivity contribution in [2.45, 2.75) is 20.3 Å². The highest BCUT2D eigenvalue weighted by Gasteiger charge is 2.18. The van der Waals surface area contributed by atoms with Gasteiger partial charge in [-0.2, -0.15) is 9.78 Å². The summed E-state index contributed by atoms with van der Waals surface area (Å²) in [5.41, 5.74) is 0.512. The van der Waals surface area contributed by atoms with Gasteiger partial charge in [-0.3, -0.25) is 14.9 Å². The first-order chi connectivity index (χ1) is 13.5. The molecule has 9 heteroatoms. The summed E-state index contributed by atoms with van der Waals surface area (Å²) in [7, 11) is 0. The first-order valence-corrected chi connectivity index (χ1v) is 9.41. The summed E-state index contributed by atoms with van der Waals surface area (Å²) in [6, 6.07) is 9.82. The van der Waals surface area contributed by atoms with Crippen LogP contribution in [0.25, 0.3) is 10.9 Å². The quantitative estimate of drug-likeness (QED) is 0.326. The van der Waals surface area contributed by atoms with E-state index in [9.17, 15) is 14.9 Å². The van der Waals surface area contributed by atoms with Crippen LogP contribution in [0.4, 0.5) is 5.69 Å². The monoisotopic (exact) mass is 444 g/mol. The zero-order chi connectivity index (χ0) is 20.3. The topological polar surface area (TPSA) is 99.6 Å². The van der Waals surface area contributed by atoms with Crippen molar-refractivity contribution in [2.24, 2.45) is 5.10 Å². The van der Waals surface area contributed by atoms with Gasteiger partial charge in [0.15, 0.2) is 0 Å². The number of nitro groups is 1. The first-order valence-electron chi connectivity index (χ1n) is 8.62. The number of aryl methyl sites for hydroxylation is 1. The van der Waals surface area contributed by atoms with Crippen LogP contribution >= 0.6 is 15.9 Å². The SMILES string of the molecule is CCOc1c(C=Nn2c(CC)nc3ccc(Br)cc3c2=O)cccc1[N+](=O)[O-]. The van der Waals surface area contributed by atoms with Crippen LogP contribution < -0.4 is 10.3 Å². The number of hydrogen-bond acceptors (Lipinski definition) is 6. The van der Waals surface area contributed by atoms with Gasteiger partial charge in [0.25, 0.3) is 5.56 Å². The summed E-state index contributed by atoms with van der Waals surface area (Å²) in [6.45, 7) is 3.87. The molecule has 1 heterocycles. The lowest BCUT2D eigenvalue weighted by atomic mass is 10.2. The predicted molar refractivity (Wildman–Crippen MR) is 110 cm³/mol. The van der Waals surface area contributed by atoms with Gasteiger partial charge < -0.3 is 4.74 Å². The fourth-order valence-corrected chi connectivity index (χ4v) is 3.11. The minimum Gasteiger partial charge on any atom is -0.487 e. The van der Waals surface area contributed by atoms with Gasteiger partial charge >= 0.3 is 5.69 Å². The molecule has 0 aliphatic rings. The van der Waals surface area contributed by atoms with E-state index in [1.807, 2.05) is 13.0 Å². The lowest BCUT2D eigenvalue weighted by Crippen LogP contribution is -2.22. The first kappa shape index (κ1) is 19.7. The highest BCUT2D eigenvalue weighted by atomic mass is 79.9. The van der Waals surface area contributed by atoms with Gasteiger partial charge in [-0.15, -0.1) is 0 Å². The number of hydrogen-bond donors (Lipinski definition) is 0. The average molecular weight is 445 g/mol. The molecule has 1 aromatic heterocycles. The van der Waals surface area contributed by atoms with Crippen LogP contribution in [0.5, 0.6) is 5.75 Å². The normalized spacial score (nSPS) is 11.2. The number of para-hydroxylation sites is 1. The van der Waals surface area contributed by atoms with Crippen LogP contribution in [-0.2, 0) is 6.42 Å². The third-order valence-corrected chi connectivity index (χ3v) is 4.51. The molecule has 8 nitrogen and oxygen atoms in total. The van der Waals surface area contributed by atoms with Gasteiger partial charge in [0, 0.05) is 22.5 Å². The Bertz CT molecular complexity index is 1140. The molecule has 0 aliphatic heterocycles. The summed E-state index contributed by atoms with van der Waals surface area (Å²) in [6.07, 6.45) is 1.87. The van der Waals surface area contributed by atoms with E-state index in [1.165, 1.54) is 17.0 Å². The summed E-state index contributed by atoms with van der Waals surface area (Å²) >= 11 is 3.36. The standard InChI is InChI=1S/C19H17BrN4O4/c1-3-17-22-15-9-8-13(20)10-14(15)19(25)23(17)21-11-12-6-5-7-16(24(26)27)18(12)28-4-2/h5-11H,3-4H2,1-2H3. The molecule has 0 spiro atoms. The molecule has 3 rings (SSSR count). The van der Waals surface area contributed by atoms with Gasteiger partial charge in [-0.25, -0.2) is 4.98 Å². The second-order valence-corrected chi connectivity index (χ2v) is 6.71. The smallest absolute Gasteiger partial charge is 0.311 e. The Morgan fingerprint density at radius 1 is 1.32 bits per heavy atom. The zero-order valence-electron chi connectivity index (χ0n) is 15.3. The Labute approximate surface area is 168 Å². The highest BCUT2D eigenvalue weighted by molar-refractivity contribution is 9.10. The molecule has 0 aliphatic carbocycles. The van der Waals surface area contributed by atoms with E-state index in [1.54, 1.807) is 31.2 Å². The molecule has 0 saturated carbocycles. The van der Waals surface area contributed by atoms with Crippen molar-refractivity contribution in [3.8, 4) is 5.75 Å². The maximum atomic E-state index is 12.9. The number of aromatic nitrogens is 2. The van der Waals surface area contributed by atoms with Crippen molar-refractivity contribution in [3.63, 3.8) is 0 Å². The van der Waals surface area contributed by atoms with Crippen LogP contribution in [0.2, 0.25) is 0 Å². The van der Waals surface area contributed by atoms with E-state index in [2.05, 4.69) is 26.0 Å². The van der Waals surface area contributed by atoms with E-state index in [0.29, 0.717) is 28.7 Å². The van der Waals surface area contributed by atoms with Gasteiger partial charge in [0.05, 0.1) is 28.6 Å². The molecule has 0 N–H and O–H groups in total. The molecular weight excluding hydrogens is 428 g/mol. The van der Waals surface area contributed by atoms with E-state index in [0.717, 1.165) is 4.47 Å². The van der Waals surface area contributed by atoms with Crippen molar-refractivity contribution in [1.29, 1.82) is 0 Å². The molecule has 0 unspecified atom stereocenters. The van der Waals surface area contributed by atoms with Crippen LogP contribution in [0, 0.1) is 10.1 Å². The van der Waals surface area contributed by atoms with Gasteiger partial charge in [0.1, 0.15) is 5.82 Å². The fraction of sp³-hybridized carbons (Fsp3) is 0.211. The van der Waals surface area contributed by atoms with Gasteiger partial charge in [0.2, 0.25) is 5.75 Å². The number of ether oxygens (including phenoxy) is 1. The second kappa shape index (κ2) is 8.30. The van der Waals surface area contributed by atoms with E-state index < -0.39 is 4.92 Å². The summed E-state index contributed by atoms with van der Waals surface area (Å²) < 4.78 is 7.42. The van der Waals surface area contributed by atoms with E-state index >= 15 is 0 Å². The van der Waals surface area contributed by atoms with Gasteiger partial charge in [-0.05, 0) is 31.2 Å². The Balaban J connectivity index is 2.16.